The predicted octanol–water partition coefficient (Wildman–Crippen LogP) is 9.96. The van der Waals surface area contributed by atoms with Gasteiger partial charge in [-0.2, -0.15) is 5.26 Å². The Morgan fingerprint density at radius 2 is 1.29 bits per heavy atom. The fourth-order valence-corrected chi connectivity index (χ4v) is 5.18. The number of aryl methyl sites for hydroxylation is 1. The van der Waals surface area contributed by atoms with Gasteiger partial charge < -0.3 is 18.9 Å². The molecule has 0 saturated heterocycles. The predicted molar refractivity (Wildman–Crippen MR) is 179 cm³/mol. The summed E-state index contributed by atoms with van der Waals surface area (Å²) in [6.07, 6.45) is 3.29. The Labute approximate surface area is 266 Å². The molecule has 5 aromatic carbocycles. The van der Waals surface area contributed by atoms with Gasteiger partial charge in [-0.1, -0.05) is 99.1 Å². The normalized spacial score (nSPS) is 10.6. The van der Waals surface area contributed by atoms with E-state index in [2.05, 4.69) is 50.2 Å². The number of rotatable bonds is 15. The van der Waals surface area contributed by atoms with E-state index in [-0.39, 0.29) is 0 Å². The van der Waals surface area contributed by atoms with E-state index >= 15 is 0 Å². The van der Waals surface area contributed by atoms with Crippen molar-refractivity contribution in [1.29, 1.82) is 5.26 Å². The molecule has 0 atom stereocenters. The maximum absolute atomic E-state index is 9.49. The van der Waals surface area contributed by atoms with Crippen LogP contribution in [0.2, 0.25) is 0 Å². The molecule has 0 amide bonds. The third-order valence-electron chi connectivity index (χ3n) is 7.49. The van der Waals surface area contributed by atoms with Crippen LogP contribution in [-0.4, -0.2) is 13.2 Å². The van der Waals surface area contributed by atoms with Crippen LogP contribution in [0.25, 0.3) is 11.1 Å². The van der Waals surface area contributed by atoms with Gasteiger partial charge in [0.1, 0.15) is 41.4 Å². The molecular formula is C40H39NO4. The molecule has 0 heterocycles. The summed E-state index contributed by atoms with van der Waals surface area (Å²) in [7, 11) is 0. The van der Waals surface area contributed by atoms with Crippen LogP contribution in [0.5, 0.6) is 28.7 Å². The molecule has 5 nitrogen and oxygen atoms in total. The molecule has 5 aromatic rings. The van der Waals surface area contributed by atoms with Crippen LogP contribution >= 0.6 is 0 Å². The van der Waals surface area contributed by atoms with Gasteiger partial charge in [-0.3, -0.25) is 0 Å². The second-order valence-electron chi connectivity index (χ2n) is 10.7. The lowest BCUT2D eigenvalue weighted by Crippen LogP contribution is -2.08. The first kappa shape index (κ1) is 31.2. The zero-order chi connectivity index (χ0) is 31.3. The Morgan fingerprint density at radius 1 is 0.622 bits per heavy atom. The topological polar surface area (TPSA) is 60.7 Å². The zero-order valence-corrected chi connectivity index (χ0v) is 26.0. The molecule has 45 heavy (non-hydrogen) atoms. The van der Waals surface area contributed by atoms with Crippen LogP contribution in [0, 0.1) is 11.3 Å². The summed E-state index contributed by atoms with van der Waals surface area (Å²) in [4.78, 5) is 0. The standard InChI is InChI=1S/C40H39NO4/c1-3-15-34-37(22-13-23-38(34)45-36-21-12-11-20-33(36)28-41)42-24-14-25-43-39-27-40(44-29-30-16-7-5-8-17-30)35(26-31(39)4-2)32-18-9-6-10-19-32/h5-13,16-23,26-27H,3-4,14-15,24-25,29H2,1-2H3. The van der Waals surface area contributed by atoms with Gasteiger partial charge in [0.2, 0.25) is 0 Å². The first-order valence-electron chi connectivity index (χ1n) is 15.6. The average molecular weight is 598 g/mol. The summed E-state index contributed by atoms with van der Waals surface area (Å²) >= 11 is 0. The number of hydrogen-bond donors (Lipinski definition) is 0. The second-order valence-corrected chi connectivity index (χ2v) is 10.7. The molecule has 0 aliphatic carbocycles. The minimum absolute atomic E-state index is 0.477. The van der Waals surface area contributed by atoms with Gasteiger partial charge in [0.25, 0.3) is 0 Å². The van der Waals surface area contributed by atoms with Gasteiger partial charge in [-0.05, 0) is 59.9 Å². The number of ether oxygens (including phenoxy) is 4. The third-order valence-corrected chi connectivity index (χ3v) is 7.49. The molecule has 0 fully saturated rings. The van der Waals surface area contributed by atoms with Crippen LogP contribution in [-0.2, 0) is 19.4 Å². The molecule has 5 rings (SSSR count). The van der Waals surface area contributed by atoms with Gasteiger partial charge >= 0.3 is 0 Å². The van der Waals surface area contributed by atoms with Gasteiger partial charge in [-0.15, -0.1) is 0 Å². The second kappa shape index (κ2) is 16.0. The molecule has 5 heteroatoms. The van der Waals surface area contributed by atoms with Gasteiger partial charge in [0.15, 0.2) is 0 Å². The fraction of sp³-hybridized carbons (Fsp3) is 0.225. The Kier molecular flexibility index (Phi) is 11.1. The molecule has 0 saturated carbocycles. The van der Waals surface area contributed by atoms with E-state index in [1.165, 1.54) is 0 Å². The number of hydrogen-bond acceptors (Lipinski definition) is 5. The molecular weight excluding hydrogens is 558 g/mol. The number of nitrogens with zero attached hydrogens (tertiary/aromatic N) is 1. The highest BCUT2D eigenvalue weighted by atomic mass is 16.5. The van der Waals surface area contributed by atoms with Crippen molar-refractivity contribution in [3.63, 3.8) is 0 Å². The molecule has 0 N–H and O–H groups in total. The van der Waals surface area contributed by atoms with E-state index in [1.54, 1.807) is 6.07 Å². The lowest BCUT2D eigenvalue weighted by molar-refractivity contribution is 0.243. The largest absolute Gasteiger partial charge is 0.493 e. The minimum atomic E-state index is 0.477. The van der Waals surface area contributed by atoms with Crippen molar-refractivity contribution < 1.29 is 18.9 Å². The van der Waals surface area contributed by atoms with Crippen molar-refractivity contribution in [1.82, 2.24) is 0 Å². The van der Waals surface area contributed by atoms with Crippen molar-refractivity contribution in [2.45, 2.75) is 46.1 Å². The zero-order valence-electron chi connectivity index (χ0n) is 26.0. The van der Waals surface area contributed by atoms with E-state index in [1.807, 2.05) is 78.9 Å². The van der Waals surface area contributed by atoms with Crippen LogP contribution in [0.15, 0.2) is 115 Å². The van der Waals surface area contributed by atoms with Crippen LogP contribution in [0.4, 0.5) is 0 Å². The smallest absolute Gasteiger partial charge is 0.145 e. The quantitative estimate of drug-likeness (QED) is 0.112. The Hall–Kier alpha value is -5.21. The lowest BCUT2D eigenvalue weighted by atomic mass is 10.00. The van der Waals surface area contributed by atoms with Crippen molar-refractivity contribution in [2.75, 3.05) is 13.2 Å². The molecule has 0 radical (unpaired) electrons. The van der Waals surface area contributed by atoms with E-state index in [0.29, 0.717) is 43.3 Å². The van der Waals surface area contributed by atoms with Crippen molar-refractivity contribution >= 4 is 0 Å². The lowest BCUT2D eigenvalue weighted by Gasteiger charge is -2.18. The summed E-state index contributed by atoms with van der Waals surface area (Å²) in [6, 6.07) is 40.1. The average Bonchev–Trinajstić information content (AvgIpc) is 3.09. The molecule has 0 bridgehead atoms. The van der Waals surface area contributed by atoms with E-state index in [9.17, 15) is 5.26 Å². The van der Waals surface area contributed by atoms with Gasteiger partial charge in [0, 0.05) is 23.6 Å². The maximum atomic E-state index is 9.49. The molecule has 0 aliphatic rings. The number of benzene rings is 5. The van der Waals surface area contributed by atoms with Crippen molar-refractivity contribution in [3.8, 4) is 45.9 Å². The summed E-state index contributed by atoms with van der Waals surface area (Å²) < 4.78 is 25.2. The highest BCUT2D eigenvalue weighted by molar-refractivity contribution is 5.73. The van der Waals surface area contributed by atoms with Gasteiger partial charge in [0.05, 0.1) is 18.8 Å². The molecule has 0 aliphatic heterocycles. The first-order chi connectivity index (χ1) is 22.2. The fourth-order valence-electron chi connectivity index (χ4n) is 5.18. The monoisotopic (exact) mass is 597 g/mol. The summed E-state index contributed by atoms with van der Waals surface area (Å²) in [5.41, 5.74) is 5.91. The van der Waals surface area contributed by atoms with Crippen molar-refractivity contribution in [2.24, 2.45) is 0 Å². The summed E-state index contributed by atoms with van der Waals surface area (Å²) in [5, 5.41) is 9.49. The van der Waals surface area contributed by atoms with Crippen LogP contribution in [0.1, 0.15) is 48.9 Å². The molecule has 0 spiro atoms. The minimum Gasteiger partial charge on any atom is -0.493 e. The van der Waals surface area contributed by atoms with E-state index in [0.717, 1.165) is 64.3 Å². The highest BCUT2D eigenvalue weighted by Crippen LogP contribution is 2.38. The SMILES string of the molecule is CCCc1c(OCCCOc2cc(OCc3ccccc3)c(-c3ccccc3)cc2CC)cccc1Oc1ccccc1C#N. The summed E-state index contributed by atoms with van der Waals surface area (Å²) in [6.45, 7) is 5.75. The third kappa shape index (κ3) is 8.25. The van der Waals surface area contributed by atoms with Crippen LogP contribution < -0.4 is 18.9 Å². The maximum Gasteiger partial charge on any atom is 0.145 e. The highest BCUT2D eigenvalue weighted by Gasteiger charge is 2.15. The number of para-hydroxylation sites is 1. The van der Waals surface area contributed by atoms with E-state index < -0.39 is 0 Å². The van der Waals surface area contributed by atoms with Gasteiger partial charge in [-0.25, -0.2) is 0 Å². The summed E-state index contributed by atoms with van der Waals surface area (Å²) in [5.74, 6) is 3.68. The molecule has 0 aromatic heterocycles. The molecule has 228 valence electrons. The van der Waals surface area contributed by atoms with E-state index in [4.69, 9.17) is 18.9 Å². The Morgan fingerprint density at radius 3 is 2.02 bits per heavy atom. The number of nitriles is 1. The van der Waals surface area contributed by atoms with Crippen molar-refractivity contribution in [3.05, 3.63) is 138 Å². The Balaban J connectivity index is 1.26. The van der Waals surface area contributed by atoms with Crippen LogP contribution in [0.3, 0.4) is 0 Å². The molecule has 0 unspecified atom stereocenters. The first-order valence-corrected chi connectivity index (χ1v) is 15.6. The Bertz CT molecular complexity index is 1710.